The van der Waals surface area contributed by atoms with Gasteiger partial charge in [-0.15, -0.1) is 0 Å². The number of hydrogen-bond donors (Lipinski definition) is 2. The minimum atomic E-state index is -0.943. The van der Waals surface area contributed by atoms with Crippen molar-refractivity contribution in [1.82, 2.24) is 0 Å². The summed E-state index contributed by atoms with van der Waals surface area (Å²) in [5, 5.41) is 12.3. The Labute approximate surface area is 129 Å². The summed E-state index contributed by atoms with van der Waals surface area (Å²) in [6, 6.07) is 10.7. The summed E-state index contributed by atoms with van der Waals surface area (Å²) in [7, 11) is 3.19. The van der Waals surface area contributed by atoms with Gasteiger partial charge in [-0.25, -0.2) is 4.79 Å². The standard InChI is InChI=1S/C17H19NO4/c1-11-7-8-12(17(19)20)9-14(11)18-10-13-5-4-6-15(21-2)16(13)22-3/h4-9,18H,10H2,1-3H3,(H,19,20). The Hall–Kier alpha value is -2.69. The van der Waals surface area contributed by atoms with E-state index < -0.39 is 5.97 Å². The molecule has 22 heavy (non-hydrogen) atoms. The van der Waals surface area contributed by atoms with E-state index in [1.807, 2.05) is 25.1 Å². The van der Waals surface area contributed by atoms with Crippen molar-refractivity contribution >= 4 is 11.7 Å². The Morgan fingerprint density at radius 3 is 2.59 bits per heavy atom. The quantitative estimate of drug-likeness (QED) is 0.856. The van der Waals surface area contributed by atoms with Crippen LogP contribution in [0.3, 0.4) is 0 Å². The number of carbonyl (C=O) groups is 1. The van der Waals surface area contributed by atoms with E-state index in [1.165, 1.54) is 0 Å². The molecule has 0 saturated heterocycles. The molecule has 5 nitrogen and oxygen atoms in total. The molecule has 2 aromatic rings. The molecule has 2 rings (SSSR count). The molecule has 0 aromatic heterocycles. The zero-order chi connectivity index (χ0) is 16.1. The van der Waals surface area contributed by atoms with Gasteiger partial charge in [0.15, 0.2) is 11.5 Å². The van der Waals surface area contributed by atoms with Gasteiger partial charge < -0.3 is 19.9 Å². The Bertz CT molecular complexity index is 682. The summed E-state index contributed by atoms with van der Waals surface area (Å²) >= 11 is 0. The predicted molar refractivity (Wildman–Crippen MR) is 85.0 cm³/mol. The van der Waals surface area contributed by atoms with Crippen LogP contribution in [0.15, 0.2) is 36.4 Å². The lowest BCUT2D eigenvalue weighted by Gasteiger charge is -2.15. The molecule has 0 spiro atoms. The van der Waals surface area contributed by atoms with Crippen LogP contribution in [0.1, 0.15) is 21.5 Å². The average molecular weight is 301 g/mol. The van der Waals surface area contributed by atoms with Crippen molar-refractivity contribution in [3.8, 4) is 11.5 Å². The third-order valence-corrected chi connectivity index (χ3v) is 3.44. The van der Waals surface area contributed by atoms with Crippen molar-refractivity contribution in [3.05, 3.63) is 53.1 Å². The molecule has 2 aromatic carbocycles. The van der Waals surface area contributed by atoms with Crippen LogP contribution in [0.4, 0.5) is 5.69 Å². The van der Waals surface area contributed by atoms with Crippen molar-refractivity contribution in [2.24, 2.45) is 0 Å². The first-order valence-corrected chi connectivity index (χ1v) is 6.84. The van der Waals surface area contributed by atoms with Gasteiger partial charge in [-0.2, -0.15) is 0 Å². The fourth-order valence-electron chi connectivity index (χ4n) is 2.23. The highest BCUT2D eigenvalue weighted by Crippen LogP contribution is 2.31. The van der Waals surface area contributed by atoms with Crippen molar-refractivity contribution in [1.29, 1.82) is 0 Å². The number of carboxylic acid groups (broad SMARTS) is 1. The largest absolute Gasteiger partial charge is 0.493 e. The van der Waals surface area contributed by atoms with Gasteiger partial charge in [-0.05, 0) is 30.7 Å². The van der Waals surface area contributed by atoms with Crippen LogP contribution in [0, 0.1) is 6.92 Å². The lowest BCUT2D eigenvalue weighted by molar-refractivity contribution is 0.0697. The van der Waals surface area contributed by atoms with Gasteiger partial charge in [-0.1, -0.05) is 18.2 Å². The van der Waals surface area contributed by atoms with Gasteiger partial charge >= 0.3 is 5.97 Å². The van der Waals surface area contributed by atoms with E-state index in [1.54, 1.807) is 32.4 Å². The number of benzene rings is 2. The number of hydrogen-bond acceptors (Lipinski definition) is 4. The summed E-state index contributed by atoms with van der Waals surface area (Å²) < 4.78 is 10.7. The lowest BCUT2D eigenvalue weighted by Crippen LogP contribution is -2.05. The maximum atomic E-state index is 11.1. The Morgan fingerprint density at radius 2 is 1.95 bits per heavy atom. The lowest BCUT2D eigenvalue weighted by atomic mass is 10.1. The molecule has 116 valence electrons. The number of aryl methyl sites for hydroxylation is 1. The van der Waals surface area contributed by atoms with Crippen molar-refractivity contribution in [2.45, 2.75) is 13.5 Å². The maximum absolute atomic E-state index is 11.1. The Kier molecular flexibility index (Phi) is 4.88. The number of aromatic carboxylic acids is 1. The molecule has 5 heteroatoms. The smallest absolute Gasteiger partial charge is 0.335 e. The number of methoxy groups -OCH3 is 2. The highest BCUT2D eigenvalue weighted by atomic mass is 16.5. The number of anilines is 1. The Balaban J connectivity index is 2.23. The second-order valence-electron chi connectivity index (χ2n) is 4.84. The van der Waals surface area contributed by atoms with E-state index in [9.17, 15) is 4.79 Å². The number of para-hydroxylation sites is 1. The molecule has 0 amide bonds. The summed E-state index contributed by atoms with van der Waals surface area (Å²) in [6.45, 7) is 2.43. The summed E-state index contributed by atoms with van der Waals surface area (Å²) in [4.78, 5) is 11.1. The van der Waals surface area contributed by atoms with Crippen molar-refractivity contribution in [2.75, 3.05) is 19.5 Å². The van der Waals surface area contributed by atoms with E-state index in [4.69, 9.17) is 14.6 Å². The van der Waals surface area contributed by atoms with E-state index in [0.29, 0.717) is 18.0 Å². The van der Waals surface area contributed by atoms with Crippen LogP contribution in [-0.4, -0.2) is 25.3 Å². The first-order chi connectivity index (χ1) is 10.6. The molecule has 0 fully saturated rings. The molecule has 0 aliphatic carbocycles. The van der Waals surface area contributed by atoms with E-state index >= 15 is 0 Å². The van der Waals surface area contributed by atoms with Crippen LogP contribution in [0.2, 0.25) is 0 Å². The first kappa shape index (κ1) is 15.7. The van der Waals surface area contributed by atoms with E-state index in [0.717, 1.165) is 16.8 Å². The van der Waals surface area contributed by atoms with Crippen LogP contribution >= 0.6 is 0 Å². The van der Waals surface area contributed by atoms with Crippen LogP contribution < -0.4 is 14.8 Å². The fraction of sp³-hybridized carbons (Fsp3) is 0.235. The molecule has 0 saturated carbocycles. The first-order valence-electron chi connectivity index (χ1n) is 6.84. The fourth-order valence-corrected chi connectivity index (χ4v) is 2.23. The maximum Gasteiger partial charge on any atom is 0.335 e. The molecule has 0 radical (unpaired) electrons. The third kappa shape index (κ3) is 3.31. The zero-order valence-electron chi connectivity index (χ0n) is 12.8. The second-order valence-corrected chi connectivity index (χ2v) is 4.84. The topological polar surface area (TPSA) is 67.8 Å². The summed E-state index contributed by atoms with van der Waals surface area (Å²) in [5.74, 6) is 0.393. The van der Waals surface area contributed by atoms with E-state index in [2.05, 4.69) is 5.32 Å². The van der Waals surface area contributed by atoms with Crippen molar-refractivity contribution < 1.29 is 19.4 Å². The Morgan fingerprint density at radius 1 is 1.18 bits per heavy atom. The van der Waals surface area contributed by atoms with Gasteiger partial charge in [0, 0.05) is 17.8 Å². The molecular formula is C17H19NO4. The number of ether oxygens (including phenoxy) is 2. The number of rotatable bonds is 6. The molecule has 0 bridgehead atoms. The third-order valence-electron chi connectivity index (χ3n) is 3.44. The van der Waals surface area contributed by atoms with Crippen LogP contribution in [0.5, 0.6) is 11.5 Å². The number of carboxylic acids is 1. The predicted octanol–water partition coefficient (Wildman–Crippen LogP) is 3.32. The van der Waals surface area contributed by atoms with Gasteiger partial charge in [0.25, 0.3) is 0 Å². The van der Waals surface area contributed by atoms with Crippen LogP contribution in [0.25, 0.3) is 0 Å². The van der Waals surface area contributed by atoms with Gasteiger partial charge in [-0.3, -0.25) is 0 Å². The van der Waals surface area contributed by atoms with Crippen molar-refractivity contribution in [3.63, 3.8) is 0 Å². The molecule has 0 unspecified atom stereocenters. The minimum Gasteiger partial charge on any atom is -0.493 e. The van der Waals surface area contributed by atoms with Gasteiger partial charge in [0.2, 0.25) is 0 Å². The van der Waals surface area contributed by atoms with Gasteiger partial charge in [0.05, 0.1) is 19.8 Å². The molecule has 0 heterocycles. The summed E-state index contributed by atoms with van der Waals surface area (Å²) in [5.41, 5.74) is 2.95. The molecule has 2 N–H and O–H groups in total. The normalized spacial score (nSPS) is 10.1. The molecular weight excluding hydrogens is 282 g/mol. The monoisotopic (exact) mass is 301 g/mol. The van der Waals surface area contributed by atoms with Gasteiger partial charge in [0.1, 0.15) is 0 Å². The highest BCUT2D eigenvalue weighted by Gasteiger charge is 2.10. The minimum absolute atomic E-state index is 0.255. The number of nitrogens with one attached hydrogen (secondary N) is 1. The summed E-state index contributed by atoms with van der Waals surface area (Å²) in [6.07, 6.45) is 0. The second kappa shape index (κ2) is 6.85. The average Bonchev–Trinajstić information content (AvgIpc) is 2.53. The molecule has 0 aliphatic rings. The highest BCUT2D eigenvalue weighted by molar-refractivity contribution is 5.89. The molecule has 0 atom stereocenters. The van der Waals surface area contributed by atoms with E-state index in [-0.39, 0.29) is 5.56 Å². The molecule has 0 aliphatic heterocycles. The SMILES string of the molecule is COc1cccc(CNc2cc(C(=O)O)ccc2C)c1OC. The zero-order valence-corrected chi connectivity index (χ0v) is 12.8. The van der Waals surface area contributed by atoms with Crippen LogP contribution in [-0.2, 0) is 6.54 Å².